The van der Waals surface area contributed by atoms with Gasteiger partial charge in [-0.05, 0) is 60.3 Å². The molecule has 0 spiro atoms. The summed E-state index contributed by atoms with van der Waals surface area (Å²) in [7, 11) is 1.54. The van der Waals surface area contributed by atoms with Gasteiger partial charge in [0.05, 0.1) is 0 Å². The molecule has 3 rings (SSSR count). The van der Waals surface area contributed by atoms with Crippen molar-refractivity contribution in [3.63, 3.8) is 0 Å². The van der Waals surface area contributed by atoms with Crippen LogP contribution in [-0.2, 0) is 4.79 Å². The van der Waals surface area contributed by atoms with Crippen molar-refractivity contribution in [1.82, 2.24) is 10.3 Å². The quantitative estimate of drug-likeness (QED) is 0.614. The molecule has 3 aromatic rings. The molecule has 0 aliphatic rings. The number of nitrogens with one attached hydrogen (secondary N) is 2. The summed E-state index contributed by atoms with van der Waals surface area (Å²) >= 11 is 1.59. The van der Waals surface area contributed by atoms with Crippen LogP contribution in [0.3, 0.4) is 0 Å². The maximum Gasteiger partial charge on any atom is 0.269 e. The summed E-state index contributed by atoms with van der Waals surface area (Å²) in [4.78, 5) is 28.7. The van der Waals surface area contributed by atoms with E-state index in [1.807, 2.05) is 18.4 Å². The van der Waals surface area contributed by atoms with Crippen LogP contribution in [0.5, 0.6) is 11.5 Å². The van der Waals surface area contributed by atoms with E-state index in [2.05, 4.69) is 15.6 Å². The lowest BCUT2D eigenvalue weighted by molar-refractivity contribution is -0.111. The minimum absolute atomic E-state index is 0.205. The van der Waals surface area contributed by atoms with Crippen LogP contribution < -0.4 is 15.4 Å². The van der Waals surface area contributed by atoms with Crippen LogP contribution in [0.4, 0.5) is 5.69 Å². The van der Waals surface area contributed by atoms with Crippen molar-refractivity contribution >= 4 is 34.9 Å². The summed E-state index contributed by atoms with van der Waals surface area (Å²) < 4.78 is 5.74. The van der Waals surface area contributed by atoms with E-state index in [9.17, 15) is 9.59 Å². The third-order valence-electron chi connectivity index (χ3n) is 3.70. The van der Waals surface area contributed by atoms with E-state index < -0.39 is 0 Å². The van der Waals surface area contributed by atoms with Gasteiger partial charge in [0.15, 0.2) is 0 Å². The second kappa shape index (κ2) is 8.96. The summed E-state index contributed by atoms with van der Waals surface area (Å²) in [6, 6.07) is 12.2. The highest BCUT2D eigenvalue weighted by molar-refractivity contribution is 7.11. The standard InChI is InChI=1S/C21H19N3O3S/c1-14-11-18(28-13-14)7-8-20(25)24-15-3-5-16(6-4-15)27-17-9-10-23-19(12-17)21(26)22-2/h3-13H,1-2H3,(H,22,26)(H,24,25)/b8-7+. The Bertz CT molecular complexity index is 1010. The van der Waals surface area contributed by atoms with Crippen LogP contribution in [0.15, 0.2) is 60.1 Å². The van der Waals surface area contributed by atoms with Gasteiger partial charge in [-0.1, -0.05) is 0 Å². The Hall–Kier alpha value is -3.45. The van der Waals surface area contributed by atoms with E-state index in [-0.39, 0.29) is 17.5 Å². The molecule has 0 bridgehead atoms. The lowest BCUT2D eigenvalue weighted by atomic mass is 10.3. The first-order valence-corrected chi connectivity index (χ1v) is 9.42. The largest absolute Gasteiger partial charge is 0.457 e. The number of ether oxygens (including phenoxy) is 1. The Morgan fingerprint density at radius 3 is 2.57 bits per heavy atom. The molecule has 0 saturated carbocycles. The number of aryl methyl sites for hydroxylation is 1. The Morgan fingerprint density at radius 1 is 1.11 bits per heavy atom. The van der Waals surface area contributed by atoms with E-state index in [1.54, 1.807) is 60.9 Å². The van der Waals surface area contributed by atoms with Crippen LogP contribution in [0.1, 0.15) is 20.9 Å². The molecule has 0 unspecified atom stereocenters. The van der Waals surface area contributed by atoms with Gasteiger partial charge < -0.3 is 15.4 Å². The molecule has 0 aliphatic heterocycles. The molecule has 142 valence electrons. The van der Waals surface area contributed by atoms with Crippen LogP contribution in [0.25, 0.3) is 6.08 Å². The van der Waals surface area contributed by atoms with E-state index in [4.69, 9.17) is 4.74 Å². The zero-order valence-electron chi connectivity index (χ0n) is 15.4. The van der Waals surface area contributed by atoms with Crippen LogP contribution in [-0.4, -0.2) is 23.8 Å². The second-order valence-electron chi connectivity index (χ2n) is 5.93. The molecule has 0 aliphatic carbocycles. The van der Waals surface area contributed by atoms with Gasteiger partial charge >= 0.3 is 0 Å². The van der Waals surface area contributed by atoms with Crippen LogP contribution in [0.2, 0.25) is 0 Å². The van der Waals surface area contributed by atoms with Crippen molar-refractivity contribution in [2.24, 2.45) is 0 Å². The normalized spacial score (nSPS) is 10.6. The summed E-state index contributed by atoms with van der Waals surface area (Å²) in [5.41, 5.74) is 2.11. The van der Waals surface area contributed by atoms with E-state index in [0.717, 1.165) is 4.88 Å². The first-order valence-electron chi connectivity index (χ1n) is 8.54. The topological polar surface area (TPSA) is 80.3 Å². The highest BCUT2D eigenvalue weighted by Crippen LogP contribution is 2.23. The number of benzene rings is 1. The SMILES string of the molecule is CNC(=O)c1cc(Oc2ccc(NC(=O)/C=C/c3cc(C)cs3)cc2)ccn1. The maximum atomic E-state index is 12.0. The highest BCUT2D eigenvalue weighted by atomic mass is 32.1. The maximum absolute atomic E-state index is 12.0. The number of carbonyl (C=O) groups is 2. The number of rotatable bonds is 6. The summed E-state index contributed by atoms with van der Waals surface area (Å²) in [6.07, 6.45) is 4.81. The van der Waals surface area contributed by atoms with Gasteiger partial charge in [-0.3, -0.25) is 14.6 Å². The molecule has 2 heterocycles. The molecule has 28 heavy (non-hydrogen) atoms. The van der Waals surface area contributed by atoms with E-state index in [1.165, 1.54) is 17.8 Å². The zero-order chi connectivity index (χ0) is 19.9. The molecule has 2 N–H and O–H groups in total. The van der Waals surface area contributed by atoms with Crippen LogP contribution in [0, 0.1) is 6.92 Å². The van der Waals surface area contributed by atoms with Gasteiger partial charge in [0.1, 0.15) is 17.2 Å². The van der Waals surface area contributed by atoms with Gasteiger partial charge in [-0.2, -0.15) is 0 Å². The Morgan fingerprint density at radius 2 is 1.89 bits per heavy atom. The predicted molar refractivity (Wildman–Crippen MR) is 111 cm³/mol. The molecule has 0 saturated heterocycles. The predicted octanol–water partition coefficient (Wildman–Crippen LogP) is 4.26. The first kappa shape index (κ1) is 19.3. The molecular formula is C21H19N3O3S. The molecular weight excluding hydrogens is 374 g/mol. The fourth-order valence-electron chi connectivity index (χ4n) is 2.35. The number of aromatic nitrogens is 1. The number of hydrogen-bond donors (Lipinski definition) is 2. The molecule has 0 atom stereocenters. The monoisotopic (exact) mass is 393 g/mol. The Kier molecular flexibility index (Phi) is 6.18. The molecule has 2 aromatic heterocycles. The first-order chi connectivity index (χ1) is 13.5. The fourth-order valence-corrected chi connectivity index (χ4v) is 3.14. The van der Waals surface area contributed by atoms with Crippen molar-refractivity contribution in [3.8, 4) is 11.5 Å². The van der Waals surface area contributed by atoms with Gasteiger partial charge in [0.25, 0.3) is 5.91 Å². The zero-order valence-corrected chi connectivity index (χ0v) is 16.2. The smallest absolute Gasteiger partial charge is 0.269 e. The van der Waals surface area contributed by atoms with Crippen molar-refractivity contribution in [1.29, 1.82) is 0 Å². The average molecular weight is 393 g/mol. The lowest BCUT2D eigenvalue weighted by Gasteiger charge is -2.08. The molecule has 2 amide bonds. The molecule has 1 aromatic carbocycles. The minimum Gasteiger partial charge on any atom is -0.457 e. The van der Waals surface area contributed by atoms with Crippen molar-refractivity contribution in [2.75, 3.05) is 12.4 Å². The average Bonchev–Trinajstić information content (AvgIpc) is 3.13. The second-order valence-corrected chi connectivity index (χ2v) is 6.87. The van der Waals surface area contributed by atoms with Crippen LogP contribution >= 0.6 is 11.3 Å². The Balaban J connectivity index is 1.59. The number of amides is 2. The number of thiophene rings is 1. The van der Waals surface area contributed by atoms with E-state index in [0.29, 0.717) is 17.2 Å². The molecule has 0 radical (unpaired) electrons. The van der Waals surface area contributed by atoms with Crippen molar-refractivity contribution in [2.45, 2.75) is 6.92 Å². The number of nitrogens with zero attached hydrogens (tertiary/aromatic N) is 1. The van der Waals surface area contributed by atoms with Gasteiger partial charge in [0, 0.05) is 36.0 Å². The number of carbonyl (C=O) groups excluding carboxylic acids is 2. The third-order valence-corrected chi connectivity index (χ3v) is 4.71. The summed E-state index contributed by atoms with van der Waals surface area (Å²) in [5.74, 6) is 0.592. The fraction of sp³-hybridized carbons (Fsp3) is 0.0952. The summed E-state index contributed by atoms with van der Waals surface area (Å²) in [5, 5.41) is 7.36. The summed E-state index contributed by atoms with van der Waals surface area (Å²) in [6.45, 7) is 2.02. The number of hydrogen-bond acceptors (Lipinski definition) is 5. The van der Waals surface area contributed by atoms with E-state index >= 15 is 0 Å². The van der Waals surface area contributed by atoms with Crippen molar-refractivity contribution < 1.29 is 14.3 Å². The number of pyridine rings is 1. The lowest BCUT2D eigenvalue weighted by Crippen LogP contribution is -2.18. The third kappa shape index (κ3) is 5.28. The molecule has 7 heteroatoms. The Labute approximate surface area is 166 Å². The van der Waals surface area contributed by atoms with Gasteiger partial charge in [0.2, 0.25) is 5.91 Å². The van der Waals surface area contributed by atoms with Crippen molar-refractivity contribution in [3.05, 3.63) is 76.3 Å². The molecule has 6 nitrogen and oxygen atoms in total. The number of anilines is 1. The highest BCUT2D eigenvalue weighted by Gasteiger charge is 2.07. The van der Waals surface area contributed by atoms with Gasteiger partial charge in [-0.25, -0.2) is 0 Å². The minimum atomic E-state index is -0.283. The molecule has 0 fully saturated rings. The van der Waals surface area contributed by atoms with Gasteiger partial charge in [-0.15, -0.1) is 11.3 Å².